The molecule has 0 heterocycles. The number of nitrogens with two attached hydrogens (primary N) is 1. The molecule has 0 saturated carbocycles. The number of urea groups is 1. The summed E-state index contributed by atoms with van der Waals surface area (Å²) < 4.78 is 26.5. The number of aliphatic carboxylic acids is 1. The molecule has 65 heavy (non-hydrogen) atoms. The second-order valence-electron chi connectivity index (χ2n) is 15.7. The standard InChI is InChI=1S/C43H69N7O15/c1-27(2)34(51)14-15-35(52)45-18-19-61-20-21-62-22-23-63-24-25-64-43(60)49-33(13-16-36(53)54)39(56)50-37(28(3)4)40(57)48-32(8-7-17-46-42(44)59)38(55)47-31-11-9-30(10-12-31)26-65-41(58)29(5)6/h9-12,27-29,32-33,37H,7-8,13-26H2,1-6H3,(H,45,52)(H,47,55)(H,48,57)(H,49,60)(H,50,56)(H,53,54)(H3,44,46,59)/t32-,33-,37-/m0/s1. The Morgan fingerprint density at radius 3 is 1.78 bits per heavy atom. The van der Waals surface area contributed by atoms with Gasteiger partial charge in [-0.1, -0.05) is 53.7 Å². The molecule has 0 spiro atoms. The molecule has 0 aliphatic heterocycles. The van der Waals surface area contributed by atoms with Gasteiger partial charge >= 0.3 is 24.1 Å². The lowest BCUT2D eigenvalue weighted by Gasteiger charge is -2.27. The highest BCUT2D eigenvalue weighted by molar-refractivity contribution is 5.99. The maximum absolute atomic E-state index is 13.7. The number of carboxylic acid groups (broad SMARTS) is 1. The number of benzene rings is 1. The number of anilines is 1. The number of hydrogen-bond acceptors (Lipinski definition) is 14. The van der Waals surface area contributed by atoms with E-state index in [9.17, 15) is 48.3 Å². The average Bonchev–Trinajstić information content (AvgIpc) is 3.24. The van der Waals surface area contributed by atoms with Gasteiger partial charge in [-0.15, -0.1) is 0 Å². The van der Waals surface area contributed by atoms with Gasteiger partial charge in [0.1, 0.15) is 37.1 Å². The Labute approximate surface area is 379 Å². The maximum Gasteiger partial charge on any atom is 0.407 e. The van der Waals surface area contributed by atoms with Crippen LogP contribution in [0.4, 0.5) is 15.3 Å². The number of primary amides is 1. The van der Waals surface area contributed by atoms with Gasteiger partial charge in [0.25, 0.3) is 0 Å². The summed E-state index contributed by atoms with van der Waals surface area (Å²) in [4.78, 5) is 111. The lowest BCUT2D eigenvalue weighted by molar-refractivity contribution is -0.148. The summed E-state index contributed by atoms with van der Waals surface area (Å²) in [5, 5.41) is 24.7. The first-order valence-electron chi connectivity index (χ1n) is 21.7. The quantitative estimate of drug-likeness (QED) is 0.0359. The van der Waals surface area contributed by atoms with Crippen LogP contribution >= 0.6 is 0 Å². The fourth-order valence-electron chi connectivity index (χ4n) is 5.40. The predicted octanol–water partition coefficient (Wildman–Crippen LogP) is 1.53. The molecule has 0 radical (unpaired) electrons. The van der Waals surface area contributed by atoms with Gasteiger partial charge in [0.15, 0.2) is 0 Å². The predicted molar refractivity (Wildman–Crippen MR) is 235 cm³/mol. The molecule has 22 heteroatoms. The number of ketones is 1. The summed E-state index contributed by atoms with van der Waals surface area (Å²) in [5.74, 6) is -4.96. The van der Waals surface area contributed by atoms with Gasteiger partial charge in [0, 0.05) is 44.0 Å². The number of alkyl carbamates (subject to hydrolysis) is 1. The van der Waals surface area contributed by atoms with Crippen LogP contribution in [0, 0.1) is 17.8 Å². The Balaban J connectivity index is 2.67. The maximum atomic E-state index is 13.7. The van der Waals surface area contributed by atoms with Gasteiger partial charge in [-0.3, -0.25) is 33.6 Å². The molecule has 0 fully saturated rings. The normalized spacial score (nSPS) is 12.4. The zero-order chi connectivity index (χ0) is 48.7. The van der Waals surface area contributed by atoms with E-state index < -0.39 is 66.3 Å². The van der Waals surface area contributed by atoms with Gasteiger partial charge in [-0.05, 0) is 42.9 Å². The third kappa shape index (κ3) is 27.2. The highest BCUT2D eigenvalue weighted by atomic mass is 16.6. The number of nitrogens with one attached hydrogen (secondary N) is 6. The monoisotopic (exact) mass is 923 g/mol. The Bertz CT molecular complexity index is 1670. The van der Waals surface area contributed by atoms with Crippen molar-refractivity contribution in [3.63, 3.8) is 0 Å². The second-order valence-corrected chi connectivity index (χ2v) is 15.7. The molecular weight excluding hydrogens is 855 g/mol. The van der Waals surface area contributed by atoms with E-state index in [-0.39, 0.29) is 121 Å². The number of carbonyl (C=O) groups is 9. The van der Waals surface area contributed by atoms with E-state index in [1.165, 1.54) is 0 Å². The van der Waals surface area contributed by atoms with E-state index in [0.29, 0.717) is 17.8 Å². The number of ether oxygens (including phenoxy) is 5. The van der Waals surface area contributed by atoms with E-state index in [4.69, 9.17) is 29.4 Å². The number of hydrogen-bond donors (Lipinski definition) is 8. The highest BCUT2D eigenvalue weighted by Gasteiger charge is 2.32. The minimum Gasteiger partial charge on any atom is -0.481 e. The summed E-state index contributed by atoms with van der Waals surface area (Å²) in [6.07, 6.45) is -1.26. The summed E-state index contributed by atoms with van der Waals surface area (Å²) in [5.41, 5.74) is 6.21. The molecule has 1 aromatic rings. The van der Waals surface area contributed by atoms with E-state index in [1.807, 2.05) is 0 Å². The van der Waals surface area contributed by atoms with Crippen LogP contribution in [0.1, 0.15) is 85.6 Å². The molecule has 1 rings (SSSR count). The third-order valence-corrected chi connectivity index (χ3v) is 9.19. The van der Waals surface area contributed by atoms with Crippen molar-refractivity contribution in [3.05, 3.63) is 29.8 Å². The number of rotatable bonds is 34. The molecule has 3 atom stereocenters. The van der Waals surface area contributed by atoms with Gasteiger partial charge < -0.3 is 66.4 Å². The van der Waals surface area contributed by atoms with Crippen molar-refractivity contribution in [3.8, 4) is 0 Å². The Morgan fingerprint density at radius 1 is 0.615 bits per heavy atom. The Hall–Kier alpha value is -5.87. The minimum absolute atomic E-state index is 0.0223. The van der Waals surface area contributed by atoms with Crippen LogP contribution in [-0.2, 0) is 63.9 Å². The van der Waals surface area contributed by atoms with E-state index in [1.54, 1.807) is 65.8 Å². The molecular formula is C43H69N7O15. The lowest BCUT2D eigenvalue weighted by atomic mass is 10.0. The van der Waals surface area contributed by atoms with Crippen molar-refractivity contribution >= 4 is 59.2 Å². The van der Waals surface area contributed by atoms with Crippen LogP contribution in [0.15, 0.2) is 24.3 Å². The van der Waals surface area contributed by atoms with Crippen LogP contribution in [-0.4, -0.2) is 136 Å². The number of amides is 7. The van der Waals surface area contributed by atoms with Crippen LogP contribution in [0.5, 0.6) is 0 Å². The molecule has 0 bridgehead atoms. The molecule has 366 valence electrons. The summed E-state index contributed by atoms with van der Waals surface area (Å²) in [7, 11) is 0. The fraction of sp³-hybridized carbons (Fsp3) is 0.651. The summed E-state index contributed by atoms with van der Waals surface area (Å²) in [6, 6.07) is 1.91. The van der Waals surface area contributed by atoms with Gasteiger partial charge in [0.05, 0.1) is 45.6 Å². The smallest absolute Gasteiger partial charge is 0.407 e. The lowest BCUT2D eigenvalue weighted by Crippen LogP contribution is -2.58. The average molecular weight is 924 g/mol. The zero-order valence-corrected chi connectivity index (χ0v) is 38.3. The van der Waals surface area contributed by atoms with E-state index in [2.05, 4.69) is 31.9 Å². The number of Topliss-reactive ketones (excluding diaryl/α,β-unsaturated/α-hetero) is 1. The van der Waals surface area contributed by atoms with Crippen LogP contribution in [0.3, 0.4) is 0 Å². The fourth-order valence-corrected chi connectivity index (χ4v) is 5.40. The molecule has 0 aromatic heterocycles. The molecule has 22 nitrogen and oxygen atoms in total. The molecule has 1 aromatic carbocycles. The van der Waals surface area contributed by atoms with Crippen molar-refractivity contribution in [2.24, 2.45) is 23.5 Å². The topological polar surface area (TPSA) is 318 Å². The largest absolute Gasteiger partial charge is 0.481 e. The third-order valence-electron chi connectivity index (χ3n) is 9.19. The molecule has 9 N–H and O–H groups in total. The Morgan fingerprint density at radius 2 is 1.22 bits per heavy atom. The summed E-state index contributed by atoms with van der Waals surface area (Å²) >= 11 is 0. The van der Waals surface area contributed by atoms with Crippen LogP contribution < -0.4 is 37.6 Å². The van der Waals surface area contributed by atoms with Crippen LogP contribution in [0.25, 0.3) is 0 Å². The number of carbonyl (C=O) groups excluding carboxylic acids is 8. The van der Waals surface area contributed by atoms with Crippen molar-refractivity contribution in [1.82, 2.24) is 26.6 Å². The molecule has 0 unspecified atom stereocenters. The zero-order valence-electron chi connectivity index (χ0n) is 38.3. The first-order valence-corrected chi connectivity index (χ1v) is 21.7. The van der Waals surface area contributed by atoms with Gasteiger partial charge in [-0.2, -0.15) is 0 Å². The molecule has 0 aliphatic carbocycles. The first-order chi connectivity index (χ1) is 30.8. The minimum atomic E-state index is -1.42. The van der Waals surface area contributed by atoms with Crippen molar-refractivity contribution in [2.45, 2.75) is 105 Å². The molecule has 0 aliphatic rings. The first kappa shape index (κ1) is 57.1. The van der Waals surface area contributed by atoms with Crippen molar-refractivity contribution in [2.75, 3.05) is 64.7 Å². The Kier molecular flexibility index (Phi) is 28.8. The van der Waals surface area contributed by atoms with E-state index >= 15 is 0 Å². The van der Waals surface area contributed by atoms with E-state index in [0.717, 1.165) is 0 Å². The molecule has 7 amide bonds. The van der Waals surface area contributed by atoms with Gasteiger partial charge in [0.2, 0.25) is 23.6 Å². The number of carboxylic acids is 1. The second kappa shape index (κ2) is 32.7. The van der Waals surface area contributed by atoms with Crippen molar-refractivity contribution < 1.29 is 71.9 Å². The van der Waals surface area contributed by atoms with Crippen molar-refractivity contribution in [1.29, 1.82) is 0 Å². The van der Waals surface area contributed by atoms with Crippen LogP contribution in [0.2, 0.25) is 0 Å². The SMILES string of the molecule is CC(C)C(=O)CCC(=O)NCCOCCOCCOCCOC(=O)N[C@@H](CCC(=O)O)C(=O)N[C@H](C(=O)N[C@@H](CCCNC(N)=O)C(=O)Nc1ccc(COC(=O)C(C)C)cc1)C(C)C. The number of esters is 1. The van der Waals surface area contributed by atoms with Gasteiger partial charge in [-0.25, -0.2) is 9.59 Å². The highest BCUT2D eigenvalue weighted by Crippen LogP contribution is 2.14. The molecule has 0 saturated heterocycles. The summed E-state index contributed by atoms with van der Waals surface area (Å²) in [6.45, 7) is 11.7.